The van der Waals surface area contributed by atoms with Gasteiger partial charge in [-0.15, -0.1) is 0 Å². The van der Waals surface area contributed by atoms with E-state index in [4.69, 9.17) is 16.3 Å². The van der Waals surface area contributed by atoms with Gasteiger partial charge in [0.2, 0.25) is 5.91 Å². The summed E-state index contributed by atoms with van der Waals surface area (Å²) >= 11 is 0. The number of rotatable bonds is 2. The number of carbonyl (C=O) groups is 1. The Morgan fingerprint density at radius 2 is 2.00 bits per heavy atom. The van der Waals surface area contributed by atoms with Crippen LogP contribution >= 0.6 is 0 Å². The molecule has 122 valence electrons. The number of methoxy groups -OCH3 is 1. The zero-order valence-electron chi connectivity index (χ0n) is 13.9. The van der Waals surface area contributed by atoms with Crippen molar-refractivity contribution in [2.75, 3.05) is 19.0 Å². The van der Waals surface area contributed by atoms with Gasteiger partial charge < -0.3 is 15.8 Å². The molecule has 0 unspecified atom stereocenters. The van der Waals surface area contributed by atoms with Crippen molar-refractivity contribution in [1.29, 1.82) is 0 Å². The van der Waals surface area contributed by atoms with Crippen LogP contribution in [0.3, 0.4) is 0 Å². The topological polar surface area (TPSA) is 93.6 Å². The van der Waals surface area contributed by atoms with Crippen LogP contribution in [0.2, 0.25) is 0 Å². The molecule has 0 aromatic heterocycles. The number of carbonyl (C=O) groups excluding carboxylic acids is 1. The number of amides is 1. The molecule has 2 rings (SSSR count). The number of hydrogen-bond donors (Lipinski definition) is 3. The Morgan fingerprint density at radius 3 is 2.55 bits per heavy atom. The second-order valence-electron chi connectivity index (χ2n) is 5.05. The highest BCUT2D eigenvalue weighted by Crippen LogP contribution is 2.33. The van der Waals surface area contributed by atoms with Crippen molar-refractivity contribution in [3.8, 4) is 5.75 Å². The lowest BCUT2D eigenvalue weighted by atomic mass is 10.0. The minimum Gasteiger partial charge on any atom is -0.497 e. The Hall–Kier alpha value is -2.21. The molecule has 0 radical (unpaired) electrons. The third-order valence-corrected chi connectivity index (χ3v) is 3.25. The first kappa shape index (κ1) is 17.8. The number of nitrogens with zero attached hydrogens (tertiary/aromatic N) is 1. The maximum Gasteiger partial charge on any atom is 0.245 e. The highest BCUT2D eigenvalue weighted by Gasteiger charge is 2.24. The molecule has 0 spiro atoms. The number of ether oxygens (including phenoxy) is 1. The van der Waals surface area contributed by atoms with Crippen LogP contribution in [0.4, 0.5) is 5.69 Å². The van der Waals surface area contributed by atoms with Gasteiger partial charge in [-0.25, -0.2) is 5.84 Å². The average molecular weight is 306 g/mol. The van der Waals surface area contributed by atoms with Gasteiger partial charge in [0.05, 0.1) is 18.5 Å². The number of allylic oxidation sites excluding steroid dienone is 1. The Balaban J connectivity index is 0.00000116. The van der Waals surface area contributed by atoms with Crippen LogP contribution in [-0.4, -0.2) is 24.6 Å². The molecule has 0 atom stereocenters. The monoisotopic (exact) mass is 306 g/mol. The van der Waals surface area contributed by atoms with Crippen molar-refractivity contribution in [3.63, 3.8) is 0 Å². The molecule has 0 bridgehead atoms. The van der Waals surface area contributed by atoms with Crippen molar-refractivity contribution in [2.45, 2.75) is 27.7 Å². The lowest BCUT2D eigenvalue weighted by molar-refractivity contribution is -0.116. The molecule has 6 nitrogen and oxygen atoms in total. The number of fused-ring (bicyclic) bond motifs is 1. The molecular weight excluding hydrogens is 280 g/mol. The van der Waals surface area contributed by atoms with Crippen LogP contribution in [0.25, 0.3) is 5.70 Å². The number of nitrogens with two attached hydrogens (primary N) is 2. The summed E-state index contributed by atoms with van der Waals surface area (Å²) in [6, 6.07) is 5.40. The number of hydrogen-bond acceptors (Lipinski definition) is 5. The Morgan fingerprint density at radius 1 is 1.36 bits per heavy atom. The van der Waals surface area contributed by atoms with Gasteiger partial charge in [-0.05, 0) is 24.1 Å². The largest absolute Gasteiger partial charge is 0.497 e. The van der Waals surface area contributed by atoms with Crippen LogP contribution in [0.5, 0.6) is 5.75 Å². The summed E-state index contributed by atoms with van der Waals surface area (Å²) in [5.74, 6) is 6.63. The lowest BCUT2D eigenvalue weighted by Gasteiger charge is -2.23. The molecule has 5 N–H and O–H groups in total. The highest BCUT2D eigenvalue weighted by molar-refractivity contribution is 5.98. The van der Waals surface area contributed by atoms with Gasteiger partial charge in [0.1, 0.15) is 12.3 Å². The minimum absolute atomic E-state index is 0.0553. The van der Waals surface area contributed by atoms with Crippen molar-refractivity contribution < 1.29 is 9.53 Å². The molecule has 0 aliphatic carbocycles. The first-order valence-electron chi connectivity index (χ1n) is 7.44. The van der Waals surface area contributed by atoms with Crippen LogP contribution < -0.4 is 21.6 Å². The smallest absolute Gasteiger partial charge is 0.245 e. The fraction of sp³-hybridized carbons (Fsp3) is 0.438. The van der Waals surface area contributed by atoms with Gasteiger partial charge in [0, 0.05) is 11.3 Å². The van der Waals surface area contributed by atoms with E-state index in [-0.39, 0.29) is 18.4 Å². The second kappa shape index (κ2) is 7.70. The van der Waals surface area contributed by atoms with E-state index in [0.29, 0.717) is 22.8 Å². The van der Waals surface area contributed by atoms with E-state index in [1.165, 1.54) is 5.01 Å². The van der Waals surface area contributed by atoms with E-state index in [0.717, 1.165) is 5.56 Å². The standard InChI is InChI=1S/C14H20N4O2.C2H6/c1-8(2)13(15)14-10-6-9(20-3)4-5-11(10)17-12(19)7-18(14)16;1-2/h4-6,8H,7,15-16H2,1-3H3,(H,17,19);1-2H3/b14-13-;. The van der Waals surface area contributed by atoms with Crippen molar-refractivity contribution >= 4 is 17.3 Å². The Labute approximate surface area is 132 Å². The third-order valence-electron chi connectivity index (χ3n) is 3.25. The summed E-state index contributed by atoms with van der Waals surface area (Å²) in [7, 11) is 1.59. The second-order valence-corrected chi connectivity index (χ2v) is 5.05. The SMILES string of the molecule is CC.COc1ccc2c(c1)/C(=C(/N)C(C)C)N(N)CC(=O)N2. The molecule has 1 amide bonds. The van der Waals surface area contributed by atoms with Gasteiger partial charge in [-0.2, -0.15) is 0 Å². The summed E-state index contributed by atoms with van der Waals surface area (Å²) in [5.41, 5.74) is 8.93. The van der Waals surface area contributed by atoms with E-state index in [1.807, 2.05) is 33.8 Å². The molecular formula is C16H26N4O2. The fourth-order valence-corrected chi connectivity index (χ4v) is 2.13. The van der Waals surface area contributed by atoms with Gasteiger partial charge in [0.25, 0.3) is 0 Å². The van der Waals surface area contributed by atoms with Crippen molar-refractivity contribution in [2.24, 2.45) is 17.5 Å². The van der Waals surface area contributed by atoms with Gasteiger partial charge in [-0.1, -0.05) is 27.7 Å². The molecule has 1 aromatic rings. The predicted molar refractivity (Wildman–Crippen MR) is 89.8 cm³/mol. The zero-order valence-corrected chi connectivity index (χ0v) is 13.9. The summed E-state index contributed by atoms with van der Waals surface area (Å²) in [6.45, 7) is 8.02. The zero-order chi connectivity index (χ0) is 16.9. The first-order chi connectivity index (χ1) is 10.4. The predicted octanol–water partition coefficient (Wildman–Crippen LogP) is 2.13. The molecule has 1 heterocycles. The molecule has 1 aliphatic rings. The van der Waals surface area contributed by atoms with E-state index < -0.39 is 0 Å². The fourth-order valence-electron chi connectivity index (χ4n) is 2.13. The normalized spacial score (nSPS) is 16.1. The van der Waals surface area contributed by atoms with Crippen molar-refractivity contribution in [3.05, 3.63) is 29.5 Å². The molecule has 1 aromatic carbocycles. The summed E-state index contributed by atoms with van der Waals surface area (Å²) in [4.78, 5) is 11.8. The minimum atomic E-state index is -0.175. The first-order valence-corrected chi connectivity index (χ1v) is 7.44. The number of nitrogens with one attached hydrogen (secondary N) is 1. The van der Waals surface area contributed by atoms with E-state index >= 15 is 0 Å². The Bertz CT molecular complexity index is 567. The third kappa shape index (κ3) is 3.71. The van der Waals surface area contributed by atoms with E-state index in [1.54, 1.807) is 19.2 Å². The summed E-state index contributed by atoms with van der Waals surface area (Å²) in [5, 5.41) is 4.21. The molecule has 22 heavy (non-hydrogen) atoms. The van der Waals surface area contributed by atoms with Gasteiger partial charge >= 0.3 is 0 Å². The van der Waals surface area contributed by atoms with Crippen LogP contribution in [0.15, 0.2) is 23.9 Å². The quantitative estimate of drug-likeness (QED) is 0.728. The van der Waals surface area contributed by atoms with Gasteiger partial charge in [0.15, 0.2) is 0 Å². The van der Waals surface area contributed by atoms with Crippen molar-refractivity contribution in [1.82, 2.24) is 5.01 Å². The maximum atomic E-state index is 11.8. The Kier molecular flexibility index (Phi) is 6.24. The van der Waals surface area contributed by atoms with Crippen LogP contribution in [0.1, 0.15) is 33.3 Å². The molecule has 6 heteroatoms. The summed E-state index contributed by atoms with van der Waals surface area (Å²) < 4.78 is 5.24. The highest BCUT2D eigenvalue weighted by atomic mass is 16.5. The maximum absolute atomic E-state index is 11.8. The number of anilines is 1. The van der Waals surface area contributed by atoms with Gasteiger partial charge in [-0.3, -0.25) is 9.80 Å². The molecule has 0 fully saturated rings. The number of benzene rings is 1. The van der Waals surface area contributed by atoms with Crippen LogP contribution in [0, 0.1) is 5.92 Å². The van der Waals surface area contributed by atoms with E-state index in [9.17, 15) is 4.79 Å². The molecule has 0 saturated carbocycles. The molecule has 0 saturated heterocycles. The van der Waals surface area contributed by atoms with Crippen LogP contribution in [-0.2, 0) is 4.79 Å². The average Bonchev–Trinajstić information content (AvgIpc) is 2.62. The molecule has 1 aliphatic heterocycles. The van der Waals surface area contributed by atoms with E-state index in [2.05, 4.69) is 5.32 Å². The number of hydrazine groups is 1. The lowest BCUT2D eigenvalue weighted by Crippen LogP contribution is -2.36. The summed E-state index contributed by atoms with van der Waals surface area (Å²) in [6.07, 6.45) is 0.